The van der Waals surface area contributed by atoms with Gasteiger partial charge in [-0.15, -0.1) is 0 Å². The van der Waals surface area contributed by atoms with Gasteiger partial charge in [0.15, 0.2) is 0 Å². The minimum absolute atomic E-state index is 0.0931. The van der Waals surface area contributed by atoms with E-state index in [-0.39, 0.29) is 5.41 Å². The van der Waals surface area contributed by atoms with Gasteiger partial charge in [-0.05, 0) is 66.9 Å². The number of para-hydroxylation sites is 1. The zero-order chi connectivity index (χ0) is 16.3. The van der Waals surface area contributed by atoms with Crippen LogP contribution in [0.4, 0.5) is 0 Å². The molecule has 2 heteroatoms. The van der Waals surface area contributed by atoms with Crippen molar-refractivity contribution in [3.63, 3.8) is 0 Å². The maximum Gasteiger partial charge on any atom is 0.142 e. The predicted molar refractivity (Wildman–Crippen MR) is 93.6 cm³/mol. The van der Waals surface area contributed by atoms with Crippen molar-refractivity contribution in [3.05, 3.63) is 42.5 Å². The highest BCUT2D eigenvalue weighted by Crippen LogP contribution is 2.70. The molecule has 2 nitrogen and oxygen atoms in total. The summed E-state index contributed by atoms with van der Waals surface area (Å²) in [5.41, 5.74) is -0.0931. The molecule has 4 aliphatic carbocycles. The average molecular weight is 322 g/mol. The number of rotatable bonds is 5. The highest BCUT2D eigenvalue weighted by Gasteiger charge is 2.65. The van der Waals surface area contributed by atoms with Crippen LogP contribution in [0.1, 0.15) is 32.6 Å². The van der Waals surface area contributed by atoms with Gasteiger partial charge in [0.1, 0.15) is 11.5 Å². The normalized spacial score (nSPS) is 44.0. The first-order valence-electron chi connectivity index (χ1n) is 9.56. The first kappa shape index (κ1) is 14.7. The van der Waals surface area contributed by atoms with Crippen LogP contribution in [0.5, 0.6) is 5.75 Å². The van der Waals surface area contributed by atoms with E-state index in [0.717, 1.165) is 41.8 Å². The van der Waals surface area contributed by atoms with E-state index in [9.17, 15) is 4.79 Å². The van der Waals surface area contributed by atoms with Gasteiger partial charge >= 0.3 is 0 Å². The van der Waals surface area contributed by atoms with Crippen LogP contribution in [0.3, 0.4) is 0 Å². The second kappa shape index (κ2) is 5.21. The van der Waals surface area contributed by atoms with Crippen molar-refractivity contribution >= 4 is 5.78 Å². The lowest BCUT2D eigenvalue weighted by molar-refractivity contribution is -0.133. The molecular weight excluding hydrogens is 296 g/mol. The number of Topliss-reactive ketones (excluding diaryl/α,β-unsaturated/α-hetero) is 1. The van der Waals surface area contributed by atoms with Gasteiger partial charge in [0.25, 0.3) is 0 Å². The van der Waals surface area contributed by atoms with E-state index < -0.39 is 0 Å². The van der Waals surface area contributed by atoms with E-state index in [1.807, 2.05) is 30.3 Å². The summed E-state index contributed by atoms with van der Waals surface area (Å²) in [6, 6.07) is 9.83. The number of allylic oxidation sites excluding steroid dienone is 2. The maximum absolute atomic E-state index is 13.0. The molecule has 24 heavy (non-hydrogen) atoms. The first-order valence-corrected chi connectivity index (χ1v) is 9.56. The van der Waals surface area contributed by atoms with Crippen LogP contribution < -0.4 is 4.74 Å². The molecule has 7 unspecified atom stereocenters. The first-order chi connectivity index (χ1) is 11.7. The van der Waals surface area contributed by atoms with E-state index in [4.69, 9.17) is 4.74 Å². The zero-order valence-corrected chi connectivity index (χ0v) is 14.4. The highest BCUT2D eigenvalue weighted by molar-refractivity contribution is 5.85. The number of carbonyl (C=O) groups is 1. The van der Waals surface area contributed by atoms with Crippen molar-refractivity contribution in [1.82, 2.24) is 0 Å². The summed E-state index contributed by atoms with van der Waals surface area (Å²) in [5.74, 6) is 6.01. The van der Waals surface area contributed by atoms with Crippen molar-refractivity contribution in [2.45, 2.75) is 32.6 Å². The molecule has 1 aromatic rings. The standard InChI is InChI=1S/C22H26O2/c1-22(19(23)9-10-24-17-5-3-2-4-6-17)13-16-12-18(22)21-15-8-7-14(11-15)20(16)21/h2-8,14-16,18,20-21H,9-13H2,1H3. The second-order valence-corrected chi connectivity index (χ2v) is 8.66. The van der Waals surface area contributed by atoms with E-state index in [2.05, 4.69) is 19.1 Å². The Morgan fingerprint density at radius 2 is 1.88 bits per heavy atom. The molecule has 7 atom stereocenters. The molecule has 0 saturated heterocycles. The Hall–Kier alpha value is -1.57. The third-order valence-electron chi connectivity index (χ3n) is 7.63. The summed E-state index contributed by atoms with van der Waals surface area (Å²) in [4.78, 5) is 13.0. The molecule has 0 aliphatic heterocycles. The summed E-state index contributed by atoms with van der Waals surface area (Å²) in [6.45, 7) is 2.77. The molecule has 0 spiro atoms. The summed E-state index contributed by atoms with van der Waals surface area (Å²) >= 11 is 0. The van der Waals surface area contributed by atoms with Crippen LogP contribution >= 0.6 is 0 Å². The Kier molecular flexibility index (Phi) is 3.20. The molecule has 5 rings (SSSR count). The molecule has 3 saturated carbocycles. The summed E-state index contributed by atoms with van der Waals surface area (Å²) < 4.78 is 5.77. The lowest BCUT2D eigenvalue weighted by atomic mass is 9.61. The molecule has 126 valence electrons. The predicted octanol–water partition coefficient (Wildman–Crippen LogP) is 4.51. The fourth-order valence-corrected chi connectivity index (χ4v) is 6.75. The Morgan fingerprint density at radius 1 is 1.12 bits per heavy atom. The number of ether oxygens (including phenoxy) is 1. The lowest BCUT2D eigenvalue weighted by Crippen LogP contribution is -2.42. The molecular formula is C22H26O2. The molecule has 3 fully saturated rings. The zero-order valence-electron chi connectivity index (χ0n) is 14.4. The van der Waals surface area contributed by atoms with Crippen LogP contribution in [-0.2, 0) is 4.79 Å². The fraction of sp³-hybridized carbons (Fsp3) is 0.591. The van der Waals surface area contributed by atoms with E-state index in [1.54, 1.807) is 0 Å². The molecule has 0 amide bonds. The Balaban J connectivity index is 1.26. The minimum Gasteiger partial charge on any atom is -0.493 e. The van der Waals surface area contributed by atoms with Crippen LogP contribution in [0.15, 0.2) is 42.5 Å². The molecule has 4 aliphatic rings. The molecule has 4 bridgehead atoms. The second-order valence-electron chi connectivity index (χ2n) is 8.66. The molecule has 0 heterocycles. The van der Waals surface area contributed by atoms with Gasteiger partial charge in [-0.2, -0.15) is 0 Å². The van der Waals surface area contributed by atoms with Crippen molar-refractivity contribution in [2.75, 3.05) is 6.61 Å². The smallest absolute Gasteiger partial charge is 0.142 e. The van der Waals surface area contributed by atoms with Crippen LogP contribution in [0.2, 0.25) is 0 Å². The summed E-state index contributed by atoms with van der Waals surface area (Å²) in [7, 11) is 0. The SMILES string of the molecule is CC1(C(=O)CCOc2ccccc2)CC2CC1C1C3C=CC(C3)C21. The largest absolute Gasteiger partial charge is 0.493 e. The number of hydrogen-bond acceptors (Lipinski definition) is 2. The van der Waals surface area contributed by atoms with Gasteiger partial charge in [0, 0.05) is 11.8 Å². The summed E-state index contributed by atoms with van der Waals surface area (Å²) in [5, 5.41) is 0. The van der Waals surface area contributed by atoms with Gasteiger partial charge < -0.3 is 4.74 Å². The number of fused-ring (bicyclic) bond motifs is 9. The summed E-state index contributed by atoms with van der Waals surface area (Å²) in [6.07, 6.45) is 9.26. The molecule has 1 aromatic carbocycles. The Bertz CT molecular complexity index is 678. The van der Waals surface area contributed by atoms with Gasteiger partial charge in [0.05, 0.1) is 6.61 Å². The number of benzene rings is 1. The molecule has 0 aromatic heterocycles. The van der Waals surface area contributed by atoms with Crippen LogP contribution in [-0.4, -0.2) is 12.4 Å². The number of carbonyl (C=O) groups excluding carboxylic acids is 1. The highest BCUT2D eigenvalue weighted by atomic mass is 16.5. The van der Waals surface area contributed by atoms with Gasteiger partial charge in [-0.3, -0.25) is 4.79 Å². The minimum atomic E-state index is -0.0931. The van der Waals surface area contributed by atoms with E-state index >= 15 is 0 Å². The Morgan fingerprint density at radius 3 is 2.67 bits per heavy atom. The van der Waals surface area contributed by atoms with E-state index in [0.29, 0.717) is 24.7 Å². The quantitative estimate of drug-likeness (QED) is 0.589. The fourth-order valence-electron chi connectivity index (χ4n) is 6.75. The van der Waals surface area contributed by atoms with Crippen molar-refractivity contribution < 1.29 is 9.53 Å². The van der Waals surface area contributed by atoms with Gasteiger partial charge in [0.2, 0.25) is 0 Å². The monoisotopic (exact) mass is 322 g/mol. The van der Waals surface area contributed by atoms with Crippen molar-refractivity contribution in [2.24, 2.45) is 40.9 Å². The maximum atomic E-state index is 13.0. The third kappa shape index (κ3) is 1.98. The van der Waals surface area contributed by atoms with Crippen molar-refractivity contribution in [3.8, 4) is 5.75 Å². The molecule has 0 radical (unpaired) electrons. The average Bonchev–Trinajstić information content (AvgIpc) is 3.34. The number of hydrogen-bond donors (Lipinski definition) is 0. The topological polar surface area (TPSA) is 26.3 Å². The third-order valence-corrected chi connectivity index (χ3v) is 7.63. The Labute approximate surface area is 144 Å². The van der Waals surface area contributed by atoms with Crippen molar-refractivity contribution in [1.29, 1.82) is 0 Å². The lowest BCUT2D eigenvalue weighted by Gasteiger charge is -2.42. The number of ketones is 1. The van der Waals surface area contributed by atoms with Crippen LogP contribution in [0.25, 0.3) is 0 Å². The van der Waals surface area contributed by atoms with Crippen LogP contribution in [0, 0.1) is 40.9 Å². The van der Waals surface area contributed by atoms with E-state index in [1.165, 1.54) is 12.8 Å². The van der Waals surface area contributed by atoms with Gasteiger partial charge in [-0.25, -0.2) is 0 Å². The molecule has 0 N–H and O–H groups in total. The van der Waals surface area contributed by atoms with Gasteiger partial charge in [-0.1, -0.05) is 37.3 Å².